The molecule has 0 amide bonds. The van der Waals surface area contributed by atoms with Crippen LogP contribution < -0.4 is 0 Å². The van der Waals surface area contributed by atoms with Crippen molar-refractivity contribution in [3.8, 4) is 0 Å². The summed E-state index contributed by atoms with van der Waals surface area (Å²) in [5, 5.41) is 0. The van der Waals surface area contributed by atoms with Crippen molar-refractivity contribution in [3.63, 3.8) is 0 Å². The van der Waals surface area contributed by atoms with Gasteiger partial charge >= 0.3 is 0 Å². The minimum Gasteiger partial charge on any atom is -0.280 e. The third-order valence-corrected chi connectivity index (χ3v) is 3.33. The predicted molar refractivity (Wildman–Crippen MR) is 77.0 cm³/mol. The molecule has 2 aromatic rings. The molecule has 2 aromatic carbocycles. The Labute approximate surface area is 112 Å². The Morgan fingerprint density at radius 3 is 2.53 bits per heavy atom. The average Bonchev–Trinajstić information content (AvgIpc) is 2.93. The fourth-order valence-corrected chi connectivity index (χ4v) is 2.23. The van der Waals surface area contributed by atoms with Crippen LogP contribution in [0.25, 0.3) is 5.57 Å². The Bertz CT molecular complexity index is 669. The van der Waals surface area contributed by atoms with Crippen LogP contribution in [0.3, 0.4) is 0 Å². The van der Waals surface area contributed by atoms with Gasteiger partial charge in [0.1, 0.15) is 5.82 Å². The van der Waals surface area contributed by atoms with E-state index in [-0.39, 0.29) is 5.82 Å². The Hall–Kier alpha value is -2.22. The van der Waals surface area contributed by atoms with E-state index < -0.39 is 0 Å². The lowest BCUT2D eigenvalue weighted by Gasteiger charge is -2.03. The van der Waals surface area contributed by atoms with Gasteiger partial charge in [-0.2, -0.15) is 0 Å². The molecule has 1 heterocycles. The molecular weight excluding hydrogens is 237 g/mol. The third kappa shape index (κ3) is 2.34. The van der Waals surface area contributed by atoms with E-state index in [1.165, 1.54) is 6.07 Å². The molecule has 0 atom stereocenters. The lowest BCUT2D eigenvalue weighted by molar-refractivity contribution is 0.618. The van der Waals surface area contributed by atoms with E-state index in [9.17, 15) is 4.39 Å². The molecule has 0 saturated heterocycles. The highest BCUT2D eigenvalue weighted by atomic mass is 19.1. The Morgan fingerprint density at radius 1 is 1.00 bits per heavy atom. The number of benzene rings is 2. The van der Waals surface area contributed by atoms with Crippen molar-refractivity contribution < 1.29 is 4.39 Å². The van der Waals surface area contributed by atoms with E-state index in [0.717, 1.165) is 22.4 Å². The molecule has 94 valence electrons. The summed E-state index contributed by atoms with van der Waals surface area (Å²) in [5.41, 5.74) is 4.98. The van der Waals surface area contributed by atoms with Gasteiger partial charge in [0, 0.05) is 0 Å². The number of allylic oxidation sites excluding steroid dienone is 1. The highest BCUT2D eigenvalue weighted by molar-refractivity contribution is 6.14. The third-order valence-electron chi connectivity index (χ3n) is 3.33. The number of halogens is 1. The van der Waals surface area contributed by atoms with Crippen LogP contribution in [-0.4, -0.2) is 12.3 Å². The molecule has 0 radical (unpaired) electrons. The Balaban J connectivity index is 1.91. The Morgan fingerprint density at radius 2 is 1.79 bits per heavy atom. The van der Waals surface area contributed by atoms with Gasteiger partial charge in [0.25, 0.3) is 0 Å². The quantitative estimate of drug-likeness (QED) is 0.764. The average molecular weight is 251 g/mol. The molecule has 0 aliphatic carbocycles. The first kappa shape index (κ1) is 11.8. The number of aliphatic imine (C=N–C) groups is 1. The summed E-state index contributed by atoms with van der Waals surface area (Å²) in [6.07, 6.45) is 2.09. The second-order valence-electron chi connectivity index (χ2n) is 4.70. The van der Waals surface area contributed by atoms with Crippen molar-refractivity contribution in [2.24, 2.45) is 4.99 Å². The fraction of sp³-hybridized carbons (Fsp3) is 0.118. The van der Waals surface area contributed by atoms with Gasteiger partial charge in [0.05, 0.1) is 12.3 Å². The van der Waals surface area contributed by atoms with Crippen molar-refractivity contribution in [2.75, 3.05) is 6.54 Å². The highest BCUT2D eigenvalue weighted by Gasteiger charge is 2.12. The summed E-state index contributed by atoms with van der Waals surface area (Å²) >= 11 is 0. The van der Waals surface area contributed by atoms with Gasteiger partial charge in [-0.25, -0.2) is 4.39 Å². The van der Waals surface area contributed by atoms with Gasteiger partial charge in [-0.1, -0.05) is 36.4 Å². The first-order valence-corrected chi connectivity index (χ1v) is 6.31. The van der Waals surface area contributed by atoms with E-state index in [2.05, 4.69) is 11.1 Å². The molecular formula is C17H14FN. The number of rotatable bonds is 2. The minimum atomic E-state index is -0.161. The molecule has 2 heteroatoms. The van der Waals surface area contributed by atoms with Gasteiger partial charge in [-0.15, -0.1) is 0 Å². The van der Waals surface area contributed by atoms with Crippen molar-refractivity contribution >= 4 is 11.3 Å². The minimum absolute atomic E-state index is 0.161. The highest BCUT2D eigenvalue weighted by Crippen LogP contribution is 2.23. The van der Waals surface area contributed by atoms with Gasteiger partial charge in [0.2, 0.25) is 0 Å². The van der Waals surface area contributed by atoms with E-state index in [1.54, 1.807) is 6.92 Å². The molecule has 0 aromatic heterocycles. The lowest BCUT2D eigenvalue weighted by atomic mass is 10.0. The Kier molecular flexibility index (Phi) is 3.00. The summed E-state index contributed by atoms with van der Waals surface area (Å²) in [5.74, 6) is -0.161. The summed E-state index contributed by atoms with van der Waals surface area (Å²) in [7, 11) is 0. The second-order valence-corrected chi connectivity index (χ2v) is 4.70. The summed E-state index contributed by atoms with van der Waals surface area (Å²) in [6, 6.07) is 15.3. The fourth-order valence-electron chi connectivity index (χ4n) is 2.23. The SMILES string of the molecule is Cc1cc(C2=CC(c3ccccc3)=NC2)ccc1F. The molecule has 0 bridgehead atoms. The molecule has 0 saturated carbocycles. The molecule has 0 spiro atoms. The van der Waals surface area contributed by atoms with Crippen molar-refractivity contribution in [3.05, 3.63) is 77.1 Å². The largest absolute Gasteiger partial charge is 0.280 e. The van der Waals surface area contributed by atoms with E-state index >= 15 is 0 Å². The zero-order valence-electron chi connectivity index (χ0n) is 10.7. The molecule has 0 fully saturated rings. The monoisotopic (exact) mass is 251 g/mol. The molecule has 3 rings (SSSR count). The lowest BCUT2D eigenvalue weighted by Crippen LogP contribution is -1.92. The number of hydrogen-bond donors (Lipinski definition) is 0. The summed E-state index contributed by atoms with van der Waals surface area (Å²) < 4.78 is 13.3. The number of hydrogen-bond acceptors (Lipinski definition) is 1. The maximum atomic E-state index is 13.3. The molecule has 0 unspecified atom stereocenters. The maximum absolute atomic E-state index is 13.3. The number of aryl methyl sites for hydroxylation is 1. The van der Waals surface area contributed by atoms with Gasteiger partial charge in [-0.05, 0) is 47.4 Å². The van der Waals surface area contributed by atoms with Crippen LogP contribution in [0.2, 0.25) is 0 Å². The van der Waals surface area contributed by atoms with Crippen LogP contribution in [0.1, 0.15) is 16.7 Å². The normalized spacial score (nSPS) is 14.2. The molecule has 19 heavy (non-hydrogen) atoms. The van der Waals surface area contributed by atoms with Gasteiger partial charge in [0.15, 0.2) is 0 Å². The first-order chi connectivity index (χ1) is 9.24. The topological polar surface area (TPSA) is 12.4 Å². The van der Waals surface area contributed by atoms with Crippen LogP contribution in [0.15, 0.2) is 59.6 Å². The summed E-state index contributed by atoms with van der Waals surface area (Å²) in [6.45, 7) is 2.45. The summed E-state index contributed by atoms with van der Waals surface area (Å²) in [4.78, 5) is 4.55. The van der Waals surface area contributed by atoms with Crippen LogP contribution in [0.5, 0.6) is 0 Å². The second kappa shape index (κ2) is 4.81. The maximum Gasteiger partial charge on any atom is 0.126 e. The van der Waals surface area contributed by atoms with Gasteiger partial charge < -0.3 is 0 Å². The zero-order chi connectivity index (χ0) is 13.2. The molecule has 1 aliphatic rings. The van der Waals surface area contributed by atoms with E-state index in [1.807, 2.05) is 42.5 Å². The van der Waals surface area contributed by atoms with Crippen LogP contribution in [0, 0.1) is 12.7 Å². The van der Waals surface area contributed by atoms with Gasteiger partial charge in [-0.3, -0.25) is 4.99 Å². The van der Waals surface area contributed by atoms with Crippen LogP contribution in [-0.2, 0) is 0 Å². The van der Waals surface area contributed by atoms with Crippen molar-refractivity contribution in [2.45, 2.75) is 6.92 Å². The molecule has 1 nitrogen and oxygen atoms in total. The predicted octanol–water partition coefficient (Wildman–Crippen LogP) is 4.02. The number of nitrogens with zero attached hydrogens (tertiary/aromatic N) is 1. The molecule has 0 N–H and O–H groups in total. The first-order valence-electron chi connectivity index (χ1n) is 6.31. The smallest absolute Gasteiger partial charge is 0.126 e. The standard InChI is InChI=1S/C17H14FN/c1-12-9-14(7-8-16(12)18)15-10-17(19-11-15)13-5-3-2-4-6-13/h2-10H,11H2,1H3. The van der Waals surface area contributed by atoms with E-state index in [0.29, 0.717) is 12.1 Å². The van der Waals surface area contributed by atoms with E-state index in [4.69, 9.17) is 0 Å². The van der Waals surface area contributed by atoms with Crippen LogP contribution in [0.4, 0.5) is 4.39 Å². The molecule has 1 aliphatic heterocycles. The van der Waals surface area contributed by atoms with Crippen molar-refractivity contribution in [1.29, 1.82) is 0 Å². The van der Waals surface area contributed by atoms with Crippen molar-refractivity contribution in [1.82, 2.24) is 0 Å². The van der Waals surface area contributed by atoms with Crippen LogP contribution >= 0.6 is 0 Å². The zero-order valence-corrected chi connectivity index (χ0v) is 10.7.